The number of aryl methyl sites for hydroxylation is 1. The summed E-state index contributed by atoms with van der Waals surface area (Å²) in [7, 11) is 1.83. The fourth-order valence-corrected chi connectivity index (χ4v) is 5.10. The van der Waals surface area contributed by atoms with Gasteiger partial charge >= 0.3 is 0 Å². The minimum atomic E-state index is -2.77. The molecule has 35 heavy (non-hydrogen) atoms. The summed E-state index contributed by atoms with van der Waals surface area (Å²) in [5.41, 5.74) is 2.68. The number of nitrogens with zero attached hydrogens (tertiary/aromatic N) is 7. The molecular weight excluding hydrogens is 452 g/mol. The van der Waals surface area contributed by atoms with E-state index in [2.05, 4.69) is 36.9 Å². The molecule has 0 bridgehead atoms. The Bertz CT molecular complexity index is 1210. The second kappa shape index (κ2) is 8.98. The van der Waals surface area contributed by atoms with Crippen LogP contribution in [0.1, 0.15) is 39.0 Å². The zero-order valence-electron chi connectivity index (χ0n) is 19.8. The number of alkyl halides is 2. The molecule has 0 amide bonds. The van der Waals surface area contributed by atoms with Crippen LogP contribution in [0, 0.1) is 5.92 Å². The van der Waals surface area contributed by atoms with Crippen molar-refractivity contribution in [1.29, 1.82) is 0 Å². The summed E-state index contributed by atoms with van der Waals surface area (Å²) >= 11 is 0. The maximum atomic E-state index is 14.4. The van der Waals surface area contributed by atoms with Crippen LogP contribution in [0.15, 0.2) is 41.8 Å². The molecule has 2 heterocycles. The molecule has 2 saturated carbocycles. The van der Waals surface area contributed by atoms with E-state index in [1.54, 1.807) is 29.2 Å². The van der Waals surface area contributed by atoms with Crippen molar-refractivity contribution in [2.75, 3.05) is 4.90 Å². The van der Waals surface area contributed by atoms with E-state index < -0.39 is 12.0 Å². The van der Waals surface area contributed by atoms with E-state index in [0.29, 0.717) is 23.6 Å². The molecule has 10 heteroatoms. The Morgan fingerprint density at radius 1 is 1.17 bits per heavy atom. The monoisotopic (exact) mass is 481 g/mol. The molecule has 2 aliphatic carbocycles. The van der Waals surface area contributed by atoms with Gasteiger partial charge in [0.15, 0.2) is 0 Å². The number of aromatic nitrogens is 5. The lowest BCUT2D eigenvalue weighted by Gasteiger charge is -2.35. The second-order valence-corrected chi connectivity index (χ2v) is 9.80. The standard InChI is InChI=1S/C25H29F2N7O/c1-15-10-25(26,27)11-18(28-2)9-22(15)34(19-5-6-19)24-29-13-21(31-32-24)20-7-4-16(8-23(20)35)17-12-30-33(3)14-17/h4,7-8,12-15,18-19,22,35H,2,5-6,9-11H2,1,3H3/t15?,18-,22+/m1/s1. The van der Waals surface area contributed by atoms with Crippen LogP contribution in [0.25, 0.3) is 22.4 Å². The van der Waals surface area contributed by atoms with Gasteiger partial charge in [0.05, 0.1) is 18.4 Å². The third kappa shape index (κ3) is 4.87. The summed E-state index contributed by atoms with van der Waals surface area (Å²) in [5, 5.41) is 23.5. The summed E-state index contributed by atoms with van der Waals surface area (Å²) in [6, 6.07) is 4.84. The van der Waals surface area contributed by atoms with Gasteiger partial charge in [-0.2, -0.15) is 5.10 Å². The van der Waals surface area contributed by atoms with Crippen LogP contribution in [-0.4, -0.2) is 60.8 Å². The zero-order chi connectivity index (χ0) is 24.7. The number of phenolic OH excluding ortho intramolecular Hbond substituents is 1. The highest BCUT2D eigenvalue weighted by molar-refractivity contribution is 5.73. The summed E-state index contributed by atoms with van der Waals surface area (Å²) in [4.78, 5) is 10.6. The van der Waals surface area contributed by atoms with Gasteiger partial charge in [-0.1, -0.05) is 13.0 Å². The molecule has 0 spiro atoms. The number of phenols is 1. The molecule has 1 unspecified atom stereocenters. The average Bonchev–Trinajstić information content (AvgIpc) is 3.58. The minimum absolute atomic E-state index is 0.0637. The number of hydrogen-bond acceptors (Lipinski definition) is 7. The first-order valence-electron chi connectivity index (χ1n) is 11.9. The highest BCUT2D eigenvalue weighted by atomic mass is 19.3. The van der Waals surface area contributed by atoms with Gasteiger partial charge in [0.1, 0.15) is 11.4 Å². The first-order valence-corrected chi connectivity index (χ1v) is 11.9. The SMILES string of the molecule is C=N[C@@H]1C[C@H](N(c2ncc(-c3ccc(-c4cnn(C)c4)cc3O)nn2)C2CC2)C(C)CC(F)(F)C1. The number of benzene rings is 1. The number of aromatic hydroxyl groups is 1. The molecule has 0 radical (unpaired) electrons. The van der Waals surface area contributed by atoms with E-state index in [9.17, 15) is 13.9 Å². The van der Waals surface area contributed by atoms with E-state index in [0.717, 1.165) is 24.0 Å². The Hall–Kier alpha value is -3.43. The highest BCUT2D eigenvalue weighted by Crippen LogP contribution is 2.42. The van der Waals surface area contributed by atoms with Crippen LogP contribution >= 0.6 is 0 Å². The van der Waals surface area contributed by atoms with Crippen LogP contribution in [0.2, 0.25) is 0 Å². The van der Waals surface area contributed by atoms with Crippen LogP contribution in [0.3, 0.4) is 0 Å². The van der Waals surface area contributed by atoms with Crippen molar-refractivity contribution in [2.24, 2.45) is 18.0 Å². The first-order chi connectivity index (χ1) is 16.7. The molecule has 184 valence electrons. The number of anilines is 1. The first kappa shape index (κ1) is 23.3. The maximum absolute atomic E-state index is 14.4. The van der Waals surface area contributed by atoms with Crippen molar-refractivity contribution in [3.05, 3.63) is 36.8 Å². The predicted molar refractivity (Wildman–Crippen MR) is 130 cm³/mol. The van der Waals surface area contributed by atoms with Crippen molar-refractivity contribution < 1.29 is 13.9 Å². The maximum Gasteiger partial charge on any atom is 0.250 e. The number of halogens is 2. The Morgan fingerprint density at radius 2 is 1.97 bits per heavy atom. The van der Waals surface area contributed by atoms with Crippen molar-refractivity contribution >= 4 is 12.7 Å². The molecule has 0 aliphatic heterocycles. The molecule has 8 nitrogen and oxygen atoms in total. The normalized spacial score (nSPS) is 24.1. The molecule has 1 N–H and O–H groups in total. The summed E-state index contributed by atoms with van der Waals surface area (Å²) in [5.74, 6) is -2.54. The molecule has 5 rings (SSSR count). The molecule has 3 aromatic rings. The van der Waals surface area contributed by atoms with Gasteiger partial charge in [0, 0.05) is 49.3 Å². The Morgan fingerprint density at radius 3 is 2.57 bits per heavy atom. The lowest BCUT2D eigenvalue weighted by Crippen LogP contribution is -2.44. The predicted octanol–water partition coefficient (Wildman–Crippen LogP) is 4.51. The molecule has 0 saturated heterocycles. The van der Waals surface area contributed by atoms with Crippen LogP contribution in [-0.2, 0) is 7.05 Å². The Kier molecular flexibility index (Phi) is 5.98. The lowest BCUT2D eigenvalue weighted by molar-refractivity contribution is -0.0269. The van der Waals surface area contributed by atoms with Gasteiger partial charge in [0.2, 0.25) is 5.95 Å². The van der Waals surface area contributed by atoms with Crippen LogP contribution in [0.5, 0.6) is 5.75 Å². The van der Waals surface area contributed by atoms with Crippen LogP contribution in [0.4, 0.5) is 14.7 Å². The van der Waals surface area contributed by atoms with Gasteiger partial charge in [-0.15, -0.1) is 10.2 Å². The highest BCUT2D eigenvalue weighted by Gasteiger charge is 2.46. The van der Waals surface area contributed by atoms with Gasteiger partial charge in [-0.3, -0.25) is 9.67 Å². The van der Waals surface area contributed by atoms with Gasteiger partial charge in [-0.05, 0) is 49.6 Å². The van der Waals surface area contributed by atoms with E-state index in [4.69, 9.17) is 0 Å². The van der Waals surface area contributed by atoms with E-state index in [1.165, 1.54) is 0 Å². The van der Waals surface area contributed by atoms with Gasteiger partial charge in [0.25, 0.3) is 5.92 Å². The number of rotatable bonds is 6. The number of hydrogen-bond donors (Lipinski definition) is 1. The van der Waals surface area contributed by atoms with Gasteiger partial charge in [-0.25, -0.2) is 13.8 Å². The fourth-order valence-electron chi connectivity index (χ4n) is 5.10. The second-order valence-electron chi connectivity index (χ2n) is 9.80. The fraction of sp³-hybridized carbons (Fsp3) is 0.480. The third-order valence-electron chi connectivity index (χ3n) is 6.97. The summed E-state index contributed by atoms with van der Waals surface area (Å²) in [6.07, 6.45) is 7.12. The smallest absolute Gasteiger partial charge is 0.250 e. The molecular formula is C25H29F2N7O. The molecule has 3 atom stereocenters. The quantitative estimate of drug-likeness (QED) is 0.412. The van der Waals surface area contributed by atoms with Crippen molar-refractivity contribution in [1.82, 2.24) is 25.0 Å². The van der Waals surface area contributed by atoms with E-state index in [-0.39, 0.29) is 36.6 Å². The molecule has 2 aromatic heterocycles. The molecule has 2 aliphatic rings. The lowest BCUT2D eigenvalue weighted by atomic mass is 9.94. The van der Waals surface area contributed by atoms with Crippen molar-refractivity contribution in [3.63, 3.8) is 0 Å². The van der Waals surface area contributed by atoms with Gasteiger partial charge < -0.3 is 10.0 Å². The van der Waals surface area contributed by atoms with Crippen molar-refractivity contribution in [2.45, 2.75) is 63.1 Å². The van der Waals surface area contributed by atoms with Crippen LogP contribution < -0.4 is 4.90 Å². The summed E-state index contributed by atoms with van der Waals surface area (Å²) in [6.45, 7) is 5.41. The minimum Gasteiger partial charge on any atom is -0.507 e. The third-order valence-corrected chi connectivity index (χ3v) is 6.97. The Labute approximate surface area is 202 Å². The average molecular weight is 482 g/mol. The van der Waals surface area contributed by atoms with E-state index >= 15 is 0 Å². The van der Waals surface area contributed by atoms with E-state index in [1.807, 2.05) is 26.2 Å². The molecule has 1 aromatic carbocycles. The zero-order valence-corrected chi connectivity index (χ0v) is 19.8. The van der Waals surface area contributed by atoms with Crippen molar-refractivity contribution in [3.8, 4) is 28.1 Å². The topological polar surface area (TPSA) is 92.3 Å². The Balaban J connectivity index is 1.41. The molecule has 2 fully saturated rings. The number of aliphatic imine (C=N–C) groups is 1. The largest absolute Gasteiger partial charge is 0.507 e. The summed E-state index contributed by atoms with van der Waals surface area (Å²) < 4.78 is 30.6.